The fourth-order valence-electron chi connectivity index (χ4n) is 2.43. The predicted molar refractivity (Wildman–Crippen MR) is 95.5 cm³/mol. The van der Waals surface area contributed by atoms with Gasteiger partial charge in [0.25, 0.3) is 0 Å². The first-order valence-corrected chi connectivity index (χ1v) is 9.56. The summed E-state index contributed by atoms with van der Waals surface area (Å²) in [6.45, 7) is 3.83. The summed E-state index contributed by atoms with van der Waals surface area (Å²) in [5.41, 5.74) is 2.02. The standard InChI is InChI=1S/C19H23NO3S/c1-15-9-11-18(12-10-15)24(22,23)14-13-19(21)20(3)16(2)17-7-5-4-6-8-17/h4-12,16H,13-14H2,1-3H3. The van der Waals surface area contributed by atoms with E-state index >= 15 is 0 Å². The lowest BCUT2D eigenvalue weighted by Crippen LogP contribution is -2.31. The number of carbonyl (C=O) groups excluding carboxylic acids is 1. The average Bonchev–Trinajstić information content (AvgIpc) is 2.59. The van der Waals surface area contributed by atoms with Gasteiger partial charge in [0.15, 0.2) is 9.84 Å². The van der Waals surface area contributed by atoms with Gasteiger partial charge in [-0.1, -0.05) is 48.0 Å². The second-order valence-corrected chi connectivity index (χ2v) is 8.08. The Balaban J connectivity index is 2.00. The highest BCUT2D eigenvalue weighted by molar-refractivity contribution is 7.91. The summed E-state index contributed by atoms with van der Waals surface area (Å²) in [7, 11) is -1.74. The fraction of sp³-hybridized carbons (Fsp3) is 0.316. The summed E-state index contributed by atoms with van der Waals surface area (Å²) in [5, 5.41) is 0. The maximum Gasteiger partial charge on any atom is 0.223 e. The van der Waals surface area contributed by atoms with Gasteiger partial charge in [0.2, 0.25) is 5.91 Å². The molecule has 2 rings (SSSR count). The minimum atomic E-state index is -3.44. The van der Waals surface area contributed by atoms with Gasteiger partial charge < -0.3 is 4.90 Å². The van der Waals surface area contributed by atoms with Crippen LogP contribution in [-0.4, -0.2) is 32.0 Å². The molecule has 0 saturated heterocycles. The highest BCUT2D eigenvalue weighted by atomic mass is 32.2. The molecule has 24 heavy (non-hydrogen) atoms. The highest BCUT2D eigenvalue weighted by Crippen LogP contribution is 2.20. The van der Waals surface area contributed by atoms with Crippen LogP contribution in [0.3, 0.4) is 0 Å². The van der Waals surface area contributed by atoms with Crippen molar-refractivity contribution < 1.29 is 13.2 Å². The van der Waals surface area contributed by atoms with Crippen LogP contribution in [0.5, 0.6) is 0 Å². The van der Waals surface area contributed by atoms with Crippen molar-refractivity contribution in [3.63, 3.8) is 0 Å². The number of carbonyl (C=O) groups is 1. The van der Waals surface area contributed by atoms with Crippen molar-refractivity contribution in [1.29, 1.82) is 0 Å². The zero-order chi connectivity index (χ0) is 17.7. The molecule has 0 spiro atoms. The number of amides is 1. The lowest BCUT2D eigenvalue weighted by molar-refractivity contribution is -0.131. The van der Waals surface area contributed by atoms with E-state index in [0.29, 0.717) is 0 Å². The van der Waals surface area contributed by atoms with E-state index in [0.717, 1.165) is 11.1 Å². The summed E-state index contributed by atoms with van der Waals surface area (Å²) in [4.78, 5) is 14.2. The van der Waals surface area contributed by atoms with Gasteiger partial charge in [-0.25, -0.2) is 8.42 Å². The maximum absolute atomic E-state index is 12.4. The van der Waals surface area contributed by atoms with Crippen LogP contribution >= 0.6 is 0 Å². The molecule has 5 heteroatoms. The van der Waals surface area contributed by atoms with E-state index in [2.05, 4.69) is 0 Å². The molecule has 2 aromatic carbocycles. The Labute approximate surface area is 144 Å². The number of hydrogen-bond donors (Lipinski definition) is 0. The van der Waals surface area contributed by atoms with Gasteiger partial charge in [0.1, 0.15) is 0 Å². The molecule has 0 fully saturated rings. The van der Waals surface area contributed by atoms with Crippen LogP contribution in [0, 0.1) is 6.92 Å². The minimum Gasteiger partial charge on any atom is -0.339 e. The second kappa shape index (κ2) is 7.62. The minimum absolute atomic E-state index is 0.0239. The predicted octanol–water partition coefficient (Wildman–Crippen LogP) is 3.38. The maximum atomic E-state index is 12.4. The van der Waals surface area contributed by atoms with Crippen molar-refractivity contribution >= 4 is 15.7 Å². The number of nitrogens with zero attached hydrogens (tertiary/aromatic N) is 1. The number of benzene rings is 2. The summed E-state index contributed by atoms with van der Waals surface area (Å²) >= 11 is 0. The Kier molecular flexibility index (Phi) is 5.78. The normalized spacial score (nSPS) is 12.6. The van der Waals surface area contributed by atoms with Crippen LogP contribution in [-0.2, 0) is 14.6 Å². The van der Waals surface area contributed by atoms with Crippen molar-refractivity contribution in [2.45, 2.75) is 31.2 Å². The fourth-order valence-corrected chi connectivity index (χ4v) is 3.66. The zero-order valence-corrected chi connectivity index (χ0v) is 15.1. The van der Waals surface area contributed by atoms with Crippen LogP contribution in [0.4, 0.5) is 0 Å². The molecule has 0 aliphatic rings. The van der Waals surface area contributed by atoms with E-state index in [1.165, 1.54) is 0 Å². The first-order valence-electron chi connectivity index (χ1n) is 7.91. The molecule has 0 aliphatic carbocycles. The first kappa shape index (κ1) is 18.2. The molecule has 1 atom stereocenters. The van der Waals surface area contributed by atoms with Crippen LogP contribution < -0.4 is 0 Å². The smallest absolute Gasteiger partial charge is 0.223 e. The van der Waals surface area contributed by atoms with E-state index in [1.54, 1.807) is 36.2 Å². The highest BCUT2D eigenvalue weighted by Gasteiger charge is 2.21. The van der Waals surface area contributed by atoms with Crippen molar-refractivity contribution in [3.8, 4) is 0 Å². The topological polar surface area (TPSA) is 54.5 Å². The van der Waals surface area contributed by atoms with Crippen molar-refractivity contribution in [2.24, 2.45) is 0 Å². The molecule has 0 radical (unpaired) electrons. The Bertz CT molecular complexity index is 783. The van der Waals surface area contributed by atoms with E-state index < -0.39 is 9.84 Å². The third kappa shape index (κ3) is 4.45. The van der Waals surface area contributed by atoms with Gasteiger partial charge in [0, 0.05) is 13.5 Å². The number of hydrogen-bond acceptors (Lipinski definition) is 3. The molecule has 0 bridgehead atoms. The van der Waals surface area contributed by atoms with Gasteiger partial charge in [-0.3, -0.25) is 4.79 Å². The molecule has 1 amide bonds. The quantitative estimate of drug-likeness (QED) is 0.806. The van der Waals surface area contributed by atoms with Crippen molar-refractivity contribution in [2.75, 3.05) is 12.8 Å². The largest absolute Gasteiger partial charge is 0.339 e. The van der Waals surface area contributed by atoms with E-state index in [1.807, 2.05) is 44.2 Å². The second-order valence-electron chi connectivity index (χ2n) is 5.97. The van der Waals surface area contributed by atoms with Crippen LogP contribution in [0.25, 0.3) is 0 Å². The molecule has 1 unspecified atom stereocenters. The molecule has 2 aromatic rings. The molecule has 0 aromatic heterocycles. The summed E-state index contributed by atoms with van der Waals surface area (Å²) < 4.78 is 24.7. The monoisotopic (exact) mass is 345 g/mol. The van der Waals surface area contributed by atoms with Crippen molar-refractivity contribution in [3.05, 3.63) is 65.7 Å². The number of aryl methyl sites for hydroxylation is 1. The molecular formula is C19H23NO3S. The van der Waals surface area contributed by atoms with Crippen LogP contribution in [0.15, 0.2) is 59.5 Å². The number of sulfone groups is 1. The summed E-state index contributed by atoms with van der Waals surface area (Å²) in [6, 6.07) is 16.3. The van der Waals surface area contributed by atoms with Crippen molar-refractivity contribution in [1.82, 2.24) is 4.90 Å². The molecular weight excluding hydrogens is 322 g/mol. The van der Waals surface area contributed by atoms with Crippen LogP contribution in [0.2, 0.25) is 0 Å². The molecule has 0 heterocycles. The van der Waals surface area contributed by atoms with Gasteiger partial charge in [-0.2, -0.15) is 0 Å². The number of rotatable bonds is 6. The third-order valence-corrected chi connectivity index (χ3v) is 5.95. The lowest BCUT2D eigenvalue weighted by atomic mass is 10.1. The van der Waals surface area contributed by atoms with Gasteiger partial charge in [0.05, 0.1) is 16.7 Å². The molecule has 4 nitrogen and oxygen atoms in total. The Morgan fingerprint density at radius 3 is 2.21 bits per heavy atom. The molecule has 0 saturated carbocycles. The van der Waals surface area contributed by atoms with Gasteiger partial charge >= 0.3 is 0 Å². The summed E-state index contributed by atoms with van der Waals surface area (Å²) in [5.74, 6) is -0.358. The lowest BCUT2D eigenvalue weighted by Gasteiger charge is -2.25. The molecule has 128 valence electrons. The first-order chi connectivity index (χ1) is 11.3. The third-order valence-electron chi connectivity index (χ3n) is 4.22. The zero-order valence-electron chi connectivity index (χ0n) is 14.3. The Hall–Kier alpha value is -2.14. The van der Waals surface area contributed by atoms with E-state index in [4.69, 9.17) is 0 Å². The Morgan fingerprint density at radius 1 is 1.04 bits per heavy atom. The SMILES string of the molecule is Cc1ccc(S(=O)(=O)CCC(=O)N(C)C(C)c2ccccc2)cc1. The van der Waals surface area contributed by atoms with E-state index in [-0.39, 0.29) is 29.0 Å². The van der Waals surface area contributed by atoms with E-state index in [9.17, 15) is 13.2 Å². The van der Waals surface area contributed by atoms with Crippen LogP contribution in [0.1, 0.15) is 30.5 Å². The van der Waals surface area contributed by atoms with Gasteiger partial charge in [-0.05, 0) is 31.5 Å². The Morgan fingerprint density at radius 2 is 1.62 bits per heavy atom. The average molecular weight is 345 g/mol. The molecule has 0 aliphatic heterocycles. The summed E-state index contributed by atoms with van der Waals surface area (Å²) in [6.07, 6.45) is -0.0239. The molecule has 0 N–H and O–H groups in total. The van der Waals surface area contributed by atoms with Gasteiger partial charge in [-0.15, -0.1) is 0 Å².